The Morgan fingerprint density at radius 2 is 2.13 bits per heavy atom. The molecule has 0 atom stereocenters. The molecule has 0 heterocycles. The third-order valence-electron chi connectivity index (χ3n) is 1.79. The third kappa shape index (κ3) is 3.06. The molecule has 84 valence electrons. The summed E-state index contributed by atoms with van der Waals surface area (Å²) in [5, 5.41) is 0. The normalized spacial score (nSPS) is 10.5. The van der Waals surface area contributed by atoms with Gasteiger partial charge in [-0.1, -0.05) is 12.1 Å². The molecule has 0 fully saturated rings. The van der Waals surface area contributed by atoms with Crippen LogP contribution in [0.1, 0.15) is 12.5 Å². The van der Waals surface area contributed by atoms with Gasteiger partial charge in [0.05, 0.1) is 6.61 Å². The molecule has 2 N–H and O–H groups in total. The molecule has 0 saturated carbocycles. The van der Waals surface area contributed by atoms with Crippen LogP contribution >= 0.6 is 0 Å². The monoisotopic (exact) mass is 217 g/mol. The van der Waals surface area contributed by atoms with Crippen molar-refractivity contribution in [3.05, 3.63) is 23.8 Å². The van der Waals surface area contributed by atoms with E-state index in [-0.39, 0.29) is 12.3 Å². The van der Waals surface area contributed by atoms with Crippen LogP contribution in [0.5, 0.6) is 11.5 Å². The Hall–Kier alpha value is -1.36. The molecule has 0 radical (unpaired) electrons. The lowest BCUT2D eigenvalue weighted by Gasteiger charge is -2.14. The third-order valence-corrected chi connectivity index (χ3v) is 1.79. The second-order valence-electron chi connectivity index (χ2n) is 2.76. The molecular weight excluding hydrogens is 204 g/mol. The molecule has 0 spiro atoms. The fourth-order valence-electron chi connectivity index (χ4n) is 1.21. The second kappa shape index (κ2) is 5.50. The Labute approximate surface area is 86.8 Å². The van der Waals surface area contributed by atoms with Gasteiger partial charge in [-0.05, 0) is 13.0 Å². The Balaban J connectivity index is 3.02. The van der Waals surface area contributed by atoms with Gasteiger partial charge in [-0.25, -0.2) is 0 Å². The van der Waals surface area contributed by atoms with Gasteiger partial charge in [0.1, 0.15) is 0 Å². The van der Waals surface area contributed by atoms with Crippen molar-refractivity contribution in [2.75, 3.05) is 6.61 Å². The lowest BCUT2D eigenvalue weighted by Crippen LogP contribution is -2.09. The van der Waals surface area contributed by atoms with Crippen LogP contribution in [0.25, 0.3) is 0 Å². The Bertz CT molecular complexity index is 318. The summed E-state index contributed by atoms with van der Waals surface area (Å²) in [7, 11) is 0. The van der Waals surface area contributed by atoms with Crippen molar-refractivity contribution in [1.29, 1.82) is 0 Å². The van der Waals surface area contributed by atoms with Gasteiger partial charge in [-0.2, -0.15) is 8.78 Å². The highest BCUT2D eigenvalue weighted by atomic mass is 19.3. The minimum absolute atomic E-state index is 0.0249. The lowest BCUT2D eigenvalue weighted by atomic mass is 10.2. The highest BCUT2D eigenvalue weighted by Gasteiger charge is 2.14. The van der Waals surface area contributed by atoms with Gasteiger partial charge in [0.2, 0.25) is 0 Å². The second-order valence-corrected chi connectivity index (χ2v) is 2.76. The molecule has 0 unspecified atom stereocenters. The first-order valence-corrected chi connectivity index (χ1v) is 4.58. The van der Waals surface area contributed by atoms with Gasteiger partial charge in [0.15, 0.2) is 11.5 Å². The number of nitrogens with two attached hydrogens (primary N) is 1. The zero-order valence-electron chi connectivity index (χ0n) is 8.37. The molecule has 0 saturated heterocycles. The van der Waals surface area contributed by atoms with Crippen molar-refractivity contribution in [3.63, 3.8) is 0 Å². The molecule has 0 bridgehead atoms. The summed E-state index contributed by atoms with van der Waals surface area (Å²) >= 11 is 0. The van der Waals surface area contributed by atoms with E-state index in [1.165, 1.54) is 0 Å². The average molecular weight is 217 g/mol. The summed E-state index contributed by atoms with van der Waals surface area (Å²) in [4.78, 5) is 0. The van der Waals surface area contributed by atoms with Crippen LogP contribution in [0.15, 0.2) is 18.2 Å². The number of rotatable bonds is 5. The van der Waals surface area contributed by atoms with Crippen LogP contribution in [0.2, 0.25) is 0 Å². The van der Waals surface area contributed by atoms with E-state index in [2.05, 4.69) is 4.74 Å². The van der Waals surface area contributed by atoms with Gasteiger partial charge < -0.3 is 15.2 Å². The van der Waals surface area contributed by atoms with Crippen molar-refractivity contribution in [2.24, 2.45) is 5.73 Å². The van der Waals surface area contributed by atoms with E-state index in [4.69, 9.17) is 10.5 Å². The van der Waals surface area contributed by atoms with E-state index in [9.17, 15) is 8.78 Å². The maximum absolute atomic E-state index is 12.1. The molecule has 0 amide bonds. The Morgan fingerprint density at radius 3 is 2.67 bits per heavy atom. The molecule has 1 aromatic rings. The molecule has 1 rings (SSSR count). The number of benzene rings is 1. The number of ether oxygens (including phenoxy) is 2. The maximum atomic E-state index is 12.1. The summed E-state index contributed by atoms with van der Waals surface area (Å²) in [6, 6.07) is 4.88. The first kappa shape index (κ1) is 11.7. The summed E-state index contributed by atoms with van der Waals surface area (Å²) in [5.74, 6) is 0.317. The Morgan fingerprint density at radius 1 is 1.40 bits per heavy atom. The molecular formula is C10H13F2NO2. The van der Waals surface area contributed by atoms with Crippen molar-refractivity contribution in [2.45, 2.75) is 20.1 Å². The van der Waals surface area contributed by atoms with Crippen molar-refractivity contribution in [3.8, 4) is 11.5 Å². The van der Waals surface area contributed by atoms with Gasteiger partial charge >= 0.3 is 6.61 Å². The fraction of sp³-hybridized carbons (Fsp3) is 0.400. The molecule has 0 aliphatic rings. The standard InChI is InChI=1S/C10H13F2NO2/c1-2-14-8-5-3-4-7(6-13)9(8)15-10(11)12/h3-5,10H,2,6,13H2,1H3. The molecule has 0 aliphatic heterocycles. The molecule has 3 nitrogen and oxygen atoms in total. The smallest absolute Gasteiger partial charge is 0.387 e. The van der Waals surface area contributed by atoms with E-state index in [1.807, 2.05) is 0 Å². The summed E-state index contributed by atoms with van der Waals surface area (Å²) in [6.45, 7) is -0.602. The van der Waals surface area contributed by atoms with E-state index in [1.54, 1.807) is 25.1 Å². The largest absolute Gasteiger partial charge is 0.490 e. The van der Waals surface area contributed by atoms with Crippen molar-refractivity contribution in [1.82, 2.24) is 0 Å². The van der Waals surface area contributed by atoms with E-state index in [0.717, 1.165) is 0 Å². The zero-order chi connectivity index (χ0) is 11.3. The first-order valence-electron chi connectivity index (χ1n) is 4.58. The van der Waals surface area contributed by atoms with E-state index >= 15 is 0 Å². The van der Waals surface area contributed by atoms with Crippen LogP contribution in [-0.2, 0) is 6.54 Å². The zero-order valence-corrected chi connectivity index (χ0v) is 8.37. The lowest BCUT2D eigenvalue weighted by molar-refractivity contribution is -0.0520. The maximum Gasteiger partial charge on any atom is 0.387 e. The highest BCUT2D eigenvalue weighted by molar-refractivity contribution is 5.46. The fourth-order valence-corrected chi connectivity index (χ4v) is 1.21. The molecule has 15 heavy (non-hydrogen) atoms. The average Bonchev–Trinajstić information content (AvgIpc) is 2.20. The van der Waals surface area contributed by atoms with E-state index in [0.29, 0.717) is 17.9 Å². The summed E-state index contributed by atoms with van der Waals surface area (Å²) < 4.78 is 33.8. The van der Waals surface area contributed by atoms with Gasteiger partial charge in [-0.3, -0.25) is 0 Å². The number of hydrogen-bond donors (Lipinski definition) is 1. The SMILES string of the molecule is CCOc1cccc(CN)c1OC(F)F. The molecule has 0 aliphatic carbocycles. The summed E-state index contributed by atoms with van der Waals surface area (Å²) in [6.07, 6.45) is 0. The quantitative estimate of drug-likeness (QED) is 0.821. The molecule has 0 aromatic heterocycles. The number of para-hydroxylation sites is 1. The number of hydrogen-bond acceptors (Lipinski definition) is 3. The number of halogens is 2. The minimum Gasteiger partial charge on any atom is -0.490 e. The molecule has 1 aromatic carbocycles. The first-order chi connectivity index (χ1) is 7.19. The number of alkyl halides is 2. The minimum atomic E-state index is -2.88. The molecule has 5 heteroatoms. The Kier molecular flexibility index (Phi) is 4.30. The van der Waals surface area contributed by atoms with Gasteiger partial charge in [0.25, 0.3) is 0 Å². The van der Waals surface area contributed by atoms with Crippen LogP contribution < -0.4 is 15.2 Å². The topological polar surface area (TPSA) is 44.5 Å². The van der Waals surface area contributed by atoms with Crippen LogP contribution in [-0.4, -0.2) is 13.2 Å². The predicted molar refractivity (Wildman–Crippen MR) is 52.1 cm³/mol. The van der Waals surface area contributed by atoms with Crippen molar-refractivity contribution < 1.29 is 18.3 Å². The predicted octanol–water partition coefficient (Wildman–Crippen LogP) is 2.15. The van der Waals surface area contributed by atoms with Gasteiger partial charge in [0, 0.05) is 12.1 Å². The van der Waals surface area contributed by atoms with Crippen molar-refractivity contribution >= 4 is 0 Å². The summed E-state index contributed by atoms with van der Waals surface area (Å²) in [5.41, 5.74) is 5.91. The van der Waals surface area contributed by atoms with Crippen LogP contribution in [0.3, 0.4) is 0 Å². The van der Waals surface area contributed by atoms with Crippen LogP contribution in [0.4, 0.5) is 8.78 Å². The highest BCUT2D eigenvalue weighted by Crippen LogP contribution is 2.32. The van der Waals surface area contributed by atoms with Gasteiger partial charge in [-0.15, -0.1) is 0 Å². The van der Waals surface area contributed by atoms with E-state index < -0.39 is 6.61 Å². The van der Waals surface area contributed by atoms with Crippen LogP contribution in [0, 0.1) is 0 Å².